The van der Waals surface area contributed by atoms with Gasteiger partial charge in [0, 0.05) is 6.20 Å². The number of nitriles is 1. The molecule has 0 spiro atoms. The predicted molar refractivity (Wildman–Crippen MR) is 82.1 cm³/mol. The first-order valence-corrected chi connectivity index (χ1v) is 6.88. The lowest BCUT2D eigenvalue weighted by molar-refractivity contribution is 0.212. The minimum atomic E-state index is -0.401. The van der Waals surface area contributed by atoms with E-state index in [1.807, 2.05) is 25.1 Å². The third kappa shape index (κ3) is 2.96. The van der Waals surface area contributed by atoms with Gasteiger partial charge in [-0.2, -0.15) is 10.2 Å². The summed E-state index contributed by atoms with van der Waals surface area (Å²) in [6.45, 7) is 1.81. The topological polar surface area (TPSA) is 111 Å². The van der Waals surface area contributed by atoms with E-state index in [-0.39, 0.29) is 17.4 Å². The van der Waals surface area contributed by atoms with Crippen LogP contribution in [0.1, 0.15) is 24.3 Å². The van der Waals surface area contributed by atoms with E-state index in [2.05, 4.69) is 21.0 Å². The Balaban J connectivity index is 2.01. The fourth-order valence-corrected chi connectivity index (χ4v) is 2.08. The standard InChI is InChI=1S/C16H13N5O2/c1-10(12-5-2-3-7-19-12)23-15-11(9-17)14(20-16(18)21-15)13-6-4-8-22-13/h2-8,10H,1H3,(H2,18,20,21). The van der Waals surface area contributed by atoms with Crippen LogP contribution in [0.3, 0.4) is 0 Å². The summed E-state index contributed by atoms with van der Waals surface area (Å²) >= 11 is 0. The van der Waals surface area contributed by atoms with E-state index < -0.39 is 6.10 Å². The van der Waals surface area contributed by atoms with Gasteiger partial charge in [0.2, 0.25) is 11.8 Å². The smallest absolute Gasteiger partial charge is 0.238 e. The molecule has 23 heavy (non-hydrogen) atoms. The van der Waals surface area contributed by atoms with Gasteiger partial charge in [0.05, 0.1) is 12.0 Å². The molecule has 0 fully saturated rings. The van der Waals surface area contributed by atoms with Gasteiger partial charge in [0.15, 0.2) is 5.76 Å². The summed E-state index contributed by atoms with van der Waals surface area (Å²) in [5, 5.41) is 9.46. The lowest BCUT2D eigenvalue weighted by atomic mass is 10.2. The number of anilines is 1. The van der Waals surface area contributed by atoms with E-state index in [0.717, 1.165) is 0 Å². The van der Waals surface area contributed by atoms with Crippen molar-refractivity contribution in [1.29, 1.82) is 5.26 Å². The third-order valence-corrected chi connectivity index (χ3v) is 3.15. The molecule has 3 heterocycles. The average molecular weight is 307 g/mol. The van der Waals surface area contributed by atoms with Crippen LogP contribution in [0.25, 0.3) is 11.5 Å². The molecule has 0 aromatic carbocycles. The number of hydrogen-bond donors (Lipinski definition) is 1. The summed E-state index contributed by atoms with van der Waals surface area (Å²) < 4.78 is 11.1. The normalized spacial score (nSPS) is 11.7. The molecule has 7 heteroatoms. The Kier molecular flexibility index (Phi) is 3.89. The maximum atomic E-state index is 9.46. The Morgan fingerprint density at radius 3 is 2.78 bits per heavy atom. The van der Waals surface area contributed by atoms with E-state index in [0.29, 0.717) is 17.1 Å². The van der Waals surface area contributed by atoms with E-state index in [4.69, 9.17) is 14.9 Å². The highest BCUT2D eigenvalue weighted by atomic mass is 16.5. The first-order chi connectivity index (χ1) is 11.2. The average Bonchev–Trinajstić information content (AvgIpc) is 3.09. The Hall–Kier alpha value is -3.40. The Morgan fingerprint density at radius 2 is 2.13 bits per heavy atom. The van der Waals surface area contributed by atoms with Gasteiger partial charge in [0.1, 0.15) is 23.4 Å². The van der Waals surface area contributed by atoms with Gasteiger partial charge in [-0.3, -0.25) is 4.98 Å². The summed E-state index contributed by atoms with van der Waals surface area (Å²) in [7, 11) is 0. The van der Waals surface area contributed by atoms with Gasteiger partial charge >= 0.3 is 0 Å². The molecule has 0 aliphatic heterocycles. The lowest BCUT2D eigenvalue weighted by Gasteiger charge is -2.15. The molecule has 3 rings (SSSR count). The van der Waals surface area contributed by atoms with Crippen LogP contribution in [0.5, 0.6) is 5.88 Å². The van der Waals surface area contributed by atoms with Gasteiger partial charge in [-0.25, -0.2) is 4.98 Å². The molecule has 0 saturated carbocycles. The number of pyridine rings is 1. The van der Waals surface area contributed by atoms with Crippen LogP contribution in [-0.2, 0) is 0 Å². The van der Waals surface area contributed by atoms with Crippen LogP contribution in [0.15, 0.2) is 47.2 Å². The van der Waals surface area contributed by atoms with Crippen LogP contribution in [0, 0.1) is 11.3 Å². The Bertz CT molecular complexity index is 841. The number of aromatic nitrogens is 3. The van der Waals surface area contributed by atoms with E-state index in [1.165, 1.54) is 6.26 Å². The minimum absolute atomic E-state index is 0.00128. The molecular formula is C16H13N5O2. The predicted octanol–water partition coefficient (Wildman–Crippen LogP) is 2.73. The molecular weight excluding hydrogens is 294 g/mol. The molecule has 0 radical (unpaired) electrons. The van der Waals surface area contributed by atoms with E-state index in [9.17, 15) is 5.26 Å². The van der Waals surface area contributed by atoms with Crippen LogP contribution in [-0.4, -0.2) is 15.0 Å². The number of ether oxygens (including phenoxy) is 1. The van der Waals surface area contributed by atoms with Gasteiger partial charge in [-0.05, 0) is 31.2 Å². The Labute approximate surface area is 132 Å². The molecule has 7 nitrogen and oxygen atoms in total. The highest BCUT2D eigenvalue weighted by Crippen LogP contribution is 2.30. The number of nitrogens with two attached hydrogens (primary N) is 1. The zero-order valence-corrected chi connectivity index (χ0v) is 12.3. The van der Waals surface area contributed by atoms with E-state index in [1.54, 1.807) is 18.3 Å². The summed E-state index contributed by atoms with van der Waals surface area (Å²) in [5.41, 5.74) is 6.91. The monoisotopic (exact) mass is 307 g/mol. The van der Waals surface area contributed by atoms with Crippen LogP contribution in [0.4, 0.5) is 5.95 Å². The number of furan rings is 1. The number of rotatable bonds is 4. The summed E-state index contributed by atoms with van der Waals surface area (Å²) in [4.78, 5) is 12.3. The second-order valence-electron chi connectivity index (χ2n) is 4.71. The van der Waals surface area contributed by atoms with Crippen molar-refractivity contribution in [2.75, 3.05) is 5.73 Å². The molecule has 3 aromatic rings. The van der Waals surface area contributed by atoms with Crippen LogP contribution in [0.2, 0.25) is 0 Å². The SMILES string of the molecule is CC(Oc1nc(N)nc(-c2ccco2)c1C#N)c1ccccn1. The van der Waals surface area contributed by atoms with E-state index >= 15 is 0 Å². The molecule has 2 N–H and O–H groups in total. The van der Waals surface area contributed by atoms with Gasteiger partial charge in [0.25, 0.3) is 0 Å². The maximum absolute atomic E-state index is 9.46. The third-order valence-electron chi connectivity index (χ3n) is 3.15. The van der Waals surface area contributed by atoms with Gasteiger partial charge in [-0.1, -0.05) is 6.07 Å². The molecule has 3 aromatic heterocycles. The molecule has 1 atom stereocenters. The molecule has 0 aliphatic carbocycles. The van der Waals surface area contributed by atoms with Crippen molar-refractivity contribution in [3.8, 4) is 23.4 Å². The van der Waals surface area contributed by atoms with Crippen molar-refractivity contribution in [1.82, 2.24) is 15.0 Å². The van der Waals surface area contributed by atoms with Crippen molar-refractivity contribution in [2.45, 2.75) is 13.0 Å². The van der Waals surface area contributed by atoms with Gasteiger partial charge in [-0.15, -0.1) is 0 Å². The largest absolute Gasteiger partial charge is 0.467 e. The summed E-state index contributed by atoms with van der Waals surface area (Å²) in [6, 6.07) is 10.9. The molecule has 1 unspecified atom stereocenters. The van der Waals surface area contributed by atoms with Crippen molar-refractivity contribution in [3.05, 3.63) is 54.0 Å². The summed E-state index contributed by atoms with van der Waals surface area (Å²) in [5.74, 6) is 0.522. The quantitative estimate of drug-likeness (QED) is 0.788. The van der Waals surface area contributed by atoms with Crippen LogP contribution >= 0.6 is 0 Å². The number of hydrogen-bond acceptors (Lipinski definition) is 7. The van der Waals surface area contributed by atoms with Crippen molar-refractivity contribution >= 4 is 5.95 Å². The molecule has 0 saturated heterocycles. The van der Waals surface area contributed by atoms with Gasteiger partial charge < -0.3 is 14.9 Å². The fourth-order valence-electron chi connectivity index (χ4n) is 2.08. The second-order valence-corrected chi connectivity index (χ2v) is 4.71. The summed E-state index contributed by atoms with van der Waals surface area (Å²) in [6.07, 6.45) is 2.76. The number of nitrogen functional groups attached to an aromatic ring is 1. The highest BCUT2D eigenvalue weighted by molar-refractivity contribution is 5.66. The molecule has 0 bridgehead atoms. The molecule has 0 aliphatic rings. The zero-order chi connectivity index (χ0) is 16.2. The molecule has 0 amide bonds. The van der Waals surface area contributed by atoms with Crippen LogP contribution < -0.4 is 10.5 Å². The first-order valence-electron chi connectivity index (χ1n) is 6.88. The fraction of sp³-hybridized carbons (Fsp3) is 0.125. The number of nitrogens with zero attached hydrogens (tertiary/aromatic N) is 4. The minimum Gasteiger partial charge on any atom is -0.467 e. The second kappa shape index (κ2) is 6.15. The first kappa shape index (κ1) is 14.5. The lowest BCUT2D eigenvalue weighted by Crippen LogP contribution is -2.10. The van der Waals surface area contributed by atoms with Crippen molar-refractivity contribution in [2.24, 2.45) is 0 Å². The van der Waals surface area contributed by atoms with Crippen molar-refractivity contribution in [3.63, 3.8) is 0 Å². The zero-order valence-electron chi connectivity index (χ0n) is 12.3. The van der Waals surface area contributed by atoms with Crippen molar-refractivity contribution < 1.29 is 9.15 Å². The molecule has 114 valence electrons. The highest BCUT2D eigenvalue weighted by Gasteiger charge is 2.20. The Morgan fingerprint density at radius 1 is 1.26 bits per heavy atom. The maximum Gasteiger partial charge on any atom is 0.238 e.